The van der Waals surface area contributed by atoms with Crippen LogP contribution in [0.3, 0.4) is 0 Å². The van der Waals surface area contributed by atoms with Crippen LogP contribution in [0.1, 0.15) is 70.6 Å². The Morgan fingerprint density at radius 3 is 2.21 bits per heavy atom. The molecule has 0 radical (unpaired) electrons. The second-order valence-electron chi connectivity index (χ2n) is 5.60. The van der Waals surface area contributed by atoms with Crippen molar-refractivity contribution in [1.82, 2.24) is 4.90 Å². The predicted molar refractivity (Wildman–Crippen MR) is 83.6 cm³/mol. The topological polar surface area (TPSA) is 46.3 Å². The van der Waals surface area contributed by atoms with Crippen LogP contribution in [0.4, 0.5) is 0 Å². The molecule has 1 fully saturated rings. The minimum atomic E-state index is 0. The van der Waals surface area contributed by atoms with Crippen molar-refractivity contribution in [2.24, 2.45) is 5.73 Å². The quantitative estimate of drug-likeness (QED) is 0.576. The summed E-state index contributed by atoms with van der Waals surface area (Å²) in [5.41, 5.74) is 5.46. The largest absolute Gasteiger partial charge is 0.343 e. The highest BCUT2D eigenvalue weighted by Crippen LogP contribution is 2.21. The second-order valence-corrected chi connectivity index (χ2v) is 5.60. The van der Waals surface area contributed by atoms with Gasteiger partial charge in [0.25, 0.3) is 0 Å². The number of hydrogen-bond acceptors (Lipinski definition) is 2. The highest BCUT2D eigenvalue weighted by atomic mass is 35.5. The van der Waals surface area contributed by atoms with E-state index < -0.39 is 0 Å². The zero-order valence-corrected chi connectivity index (χ0v) is 13.2. The fraction of sp³-hybridized carbons (Fsp3) is 0.933. The molecule has 0 bridgehead atoms. The fourth-order valence-corrected chi connectivity index (χ4v) is 2.80. The number of carbonyl (C=O) groups excluding carboxylic acids is 1. The van der Waals surface area contributed by atoms with E-state index in [1.165, 1.54) is 38.5 Å². The molecule has 1 saturated carbocycles. The molecule has 4 heteroatoms. The van der Waals surface area contributed by atoms with Crippen LogP contribution in [0.25, 0.3) is 0 Å². The SMILES string of the molecule is CN(C(=O)CCCCCCN)C1CCCCCC1.Cl. The Hall–Kier alpha value is -0.280. The van der Waals surface area contributed by atoms with E-state index >= 15 is 0 Å². The van der Waals surface area contributed by atoms with E-state index in [9.17, 15) is 4.79 Å². The smallest absolute Gasteiger partial charge is 0.222 e. The minimum absolute atomic E-state index is 0. The maximum atomic E-state index is 12.1. The molecule has 0 aromatic heterocycles. The highest BCUT2D eigenvalue weighted by Gasteiger charge is 2.20. The molecule has 0 atom stereocenters. The van der Waals surface area contributed by atoms with Crippen molar-refractivity contribution in [2.45, 2.75) is 76.7 Å². The Morgan fingerprint density at radius 2 is 1.63 bits per heavy atom. The van der Waals surface area contributed by atoms with Crippen LogP contribution in [0.2, 0.25) is 0 Å². The average Bonchev–Trinajstić information content (AvgIpc) is 2.66. The number of rotatable bonds is 7. The summed E-state index contributed by atoms with van der Waals surface area (Å²) in [7, 11) is 2.00. The number of hydrogen-bond donors (Lipinski definition) is 1. The van der Waals surface area contributed by atoms with Gasteiger partial charge in [0.05, 0.1) is 0 Å². The number of nitrogens with zero attached hydrogens (tertiary/aromatic N) is 1. The van der Waals surface area contributed by atoms with Gasteiger partial charge in [-0.1, -0.05) is 38.5 Å². The Balaban J connectivity index is 0.00000324. The van der Waals surface area contributed by atoms with Gasteiger partial charge in [-0.2, -0.15) is 0 Å². The Bertz CT molecular complexity index is 228. The summed E-state index contributed by atoms with van der Waals surface area (Å²) in [4.78, 5) is 14.1. The fourth-order valence-electron chi connectivity index (χ4n) is 2.80. The van der Waals surface area contributed by atoms with Gasteiger partial charge >= 0.3 is 0 Å². The summed E-state index contributed by atoms with van der Waals surface area (Å²) in [6, 6.07) is 0.504. The molecule has 0 spiro atoms. The van der Waals surface area contributed by atoms with Crippen molar-refractivity contribution in [3.63, 3.8) is 0 Å². The molecule has 0 aromatic carbocycles. The summed E-state index contributed by atoms with van der Waals surface area (Å²) >= 11 is 0. The molecule has 1 amide bonds. The monoisotopic (exact) mass is 290 g/mol. The number of amides is 1. The van der Waals surface area contributed by atoms with Gasteiger partial charge < -0.3 is 10.6 Å². The van der Waals surface area contributed by atoms with Crippen LogP contribution < -0.4 is 5.73 Å². The second kappa shape index (κ2) is 11.5. The van der Waals surface area contributed by atoms with Gasteiger partial charge in [-0.3, -0.25) is 4.79 Å². The molecule has 2 N–H and O–H groups in total. The van der Waals surface area contributed by atoms with E-state index in [2.05, 4.69) is 0 Å². The van der Waals surface area contributed by atoms with E-state index in [4.69, 9.17) is 5.73 Å². The van der Waals surface area contributed by atoms with Gasteiger partial charge in [0, 0.05) is 19.5 Å². The van der Waals surface area contributed by atoms with Crippen LogP contribution in [0, 0.1) is 0 Å². The van der Waals surface area contributed by atoms with Crippen molar-refractivity contribution < 1.29 is 4.79 Å². The van der Waals surface area contributed by atoms with Crippen LogP contribution in [0.5, 0.6) is 0 Å². The Labute approximate surface area is 124 Å². The summed E-state index contributed by atoms with van der Waals surface area (Å²) in [5, 5.41) is 0. The normalized spacial score (nSPS) is 16.5. The van der Waals surface area contributed by atoms with Gasteiger partial charge in [0.1, 0.15) is 0 Å². The molecule has 0 unspecified atom stereocenters. The first-order valence-corrected chi connectivity index (χ1v) is 7.71. The van der Waals surface area contributed by atoms with Gasteiger partial charge in [0.15, 0.2) is 0 Å². The van der Waals surface area contributed by atoms with Gasteiger partial charge in [-0.05, 0) is 32.2 Å². The van der Waals surface area contributed by atoms with Crippen LogP contribution in [-0.2, 0) is 4.79 Å². The molecule has 0 heterocycles. The summed E-state index contributed by atoms with van der Waals surface area (Å²) in [6.45, 7) is 0.774. The third kappa shape index (κ3) is 7.78. The maximum Gasteiger partial charge on any atom is 0.222 e. The lowest BCUT2D eigenvalue weighted by atomic mass is 10.1. The Morgan fingerprint density at radius 1 is 1.05 bits per heavy atom. The number of carbonyl (C=O) groups is 1. The maximum absolute atomic E-state index is 12.1. The minimum Gasteiger partial charge on any atom is -0.343 e. The first-order chi connectivity index (χ1) is 8.75. The van der Waals surface area contributed by atoms with Crippen molar-refractivity contribution in [3.8, 4) is 0 Å². The summed E-state index contributed by atoms with van der Waals surface area (Å²) < 4.78 is 0. The van der Waals surface area contributed by atoms with E-state index in [-0.39, 0.29) is 12.4 Å². The molecule has 0 aliphatic heterocycles. The third-order valence-corrected chi connectivity index (χ3v) is 4.11. The van der Waals surface area contributed by atoms with Gasteiger partial charge in [-0.15, -0.1) is 12.4 Å². The van der Waals surface area contributed by atoms with Gasteiger partial charge in [0.2, 0.25) is 5.91 Å². The summed E-state index contributed by atoms with van der Waals surface area (Å²) in [5.74, 6) is 0.342. The van der Waals surface area contributed by atoms with Crippen LogP contribution in [-0.4, -0.2) is 30.4 Å². The molecule has 19 heavy (non-hydrogen) atoms. The van der Waals surface area contributed by atoms with E-state index in [1.807, 2.05) is 11.9 Å². The number of nitrogens with two attached hydrogens (primary N) is 1. The number of halogens is 1. The lowest BCUT2D eigenvalue weighted by Gasteiger charge is -2.27. The van der Waals surface area contributed by atoms with E-state index in [0.717, 1.165) is 38.6 Å². The first-order valence-electron chi connectivity index (χ1n) is 7.71. The standard InChI is InChI=1S/C15H30N2O.ClH/c1-17(14-10-6-2-3-7-11-14)15(18)12-8-4-5-9-13-16;/h14H,2-13,16H2,1H3;1H. The van der Waals surface area contributed by atoms with Crippen LogP contribution in [0.15, 0.2) is 0 Å². The zero-order chi connectivity index (χ0) is 13.2. The Kier molecular flexibility index (Phi) is 11.4. The molecule has 3 nitrogen and oxygen atoms in total. The predicted octanol–water partition coefficient (Wildman–Crippen LogP) is 3.50. The lowest BCUT2D eigenvalue weighted by Crippen LogP contribution is -2.36. The zero-order valence-electron chi connectivity index (χ0n) is 12.4. The van der Waals surface area contributed by atoms with Crippen molar-refractivity contribution in [2.75, 3.05) is 13.6 Å². The van der Waals surface area contributed by atoms with Gasteiger partial charge in [-0.25, -0.2) is 0 Å². The molecule has 0 aromatic rings. The van der Waals surface area contributed by atoms with Crippen molar-refractivity contribution in [3.05, 3.63) is 0 Å². The molecular weight excluding hydrogens is 260 g/mol. The first kappa shape index (κ1) is 18.7. The van der Waals surface area contributed by atoms with Crippen molar-refractivity contribution >= 4 is 18.3 Å². The lowest BCUT2D eigenvalue weighted by molar-refractivity contribution is -0.132. The molecule has 1 aliphatic rings. The average molecular weight is 291 g/mol. The molecule has 1 rings (SSSR count). The summed E-state index contributed by atoms with van der Waals surface area (Å²) in [6.07, 6.45) is 12.8. The van der Waals surface area contributed by atoms with E-state index in [0.29, 0.717) is 11.9 Å². The molecule has 114 valence electrons. The molecule has 1 aliphatic carbocycles. The number of unbranched alkanes of at least 4 members (excludes halogenated alkanes) is 3. The third-order valence-electron chi connectivity index (χ3n) is 4.11. The van der Waals surface area contributed by atoms with Crippen molar-refractivity contribution in [1.29, 1.82) is 0 Å². The van der Waals surface area contributed by atoms with Crippen LogP contribution >= 0.6 is 12.4 Å². The molecular formula is C15H31ClN2O. The van der Waals surface area contributed by atoms with E-state index in [1.54, 1.807) is 0 Å². The molecule has 0 saturated heterocycles. The highest BCUT2D eigenvalue weighted by molar-refractivity contribution is 5.85.